The van der Waals surface area contributed by atoms with Crippen molar-refractivity contribution in [2.75, 3.05) is 19.8 Å². The summed E-state index contributed by atoms with van der Waals surface area (Å²) in [6, 6.07) is 13.9. The third-order valence-corrected chi connectivity index (χ3v) is 6.43. The lowest BCUT2D eigenvalue weighted by atomic mass is 9.93. The number of primary sulfonamides is 1. The first-order valence-corrected chi connectivity index (χ1v) is 11.1. The lowest BCUT2D eigenvalue weighted by Gasteiger charge is -2.39. The number of carbonyl (C=O) groups is 1. The molecule has 1 fully saturated rings. The van der Waals surface area contributed by atoms with Gasteiger partial charge >= 0.3 is 0 Å². The lowest BCUT2D eigenvalue weighted by Crippen LogP contribution is -2.51. The number of benzene rings is 2. The van der Waals surface area contributed by atoms with E-state index in [0.717, 1.165) is 29.7 Å². The summed E-state index contributed by atoms with van der Waals surface area (Å²) < 4.78 is 34.8. The summed E-state index contributed by atoms with van der Waals surface area (Å²) in [5.41, 5.74) is 1.27. The summed E-state index contributed by atoms with van der Waals surface area (Å²) in [7, 11) is -3.75. The van der Waals surface area contributed by atoms with Gasteiger partial charge in [0.2, 0.25) is 15.9 Å². The van der Waals surface area contributed by atoms with Crippen molar-refractivity contribution >= 4 is 15.9 Å². The number of ether oxygens (including phenoxy) is 2. The van der Waals surface area contributed by atoms with Crippen molar-refractivity contribution in [3.05, 3.63) is 59.7 Å². The van der Waals surface area contributed by atoms with Crippen molar-refractivity contribution in [2.24, 2.45) is 5.14 Å². The van der Waals surface area contributed by atoms with Crippen LogP contribution in [0.4, 0.5) is 0 Å². The average molecular weight is 416 g/mol. The summed E-state index contributed by atoms with van der Waals surface area (Å²) in [6.45, 7) is 2.20. The fourth-order valence-electron chi connectivity index (χ4n) is 3.87. The third-order valence-electron chi connectivity index (χ3n) is 5.50. The molecule has 1 saturated heterocycles. The van der Waals surface area contributed by atoms with Gasteiger partial charge in [-0.2, -0.15) is 0 Å². The number of sulfonamides is 1. The van der Waals surface area contributed by atoms with Crippen molar-refractivity contribution in [3.8, 4) is 5.75 Å². The molecule has 0 atom stereocenters. The maximum absolute atomic E-state index is 13.1. The average Bonchev–Trinajstić information content (AvgIpc) is 2.85. The monoisotopic (exact) mass is 416 g/mol. The van der Waals surface area contributed by atoms with Gasteiger partial charge in [-0.25, -0.2) is 13.6 Å². The standard InChI is InChI=1S/C21H24N2O5S/c22-29(25,26)18-7-5-16(6-8-18)13-20(24)23-14-17-3-1-2-4-19(17)28-21(15-23)9-11-27-12-10-21/h1-8H,9-15H2,(H2,22,25,26). The maximum Gasteiger partial charge on any atom is 0.238 e. The molecule has 8 heteroatoms. The molecule has 0 aromatic heterocycles. The zero-order chi connectivity index (χ0) is 20.5. The fraction of sp³-hybridized carbons (Fsp3) is 0.381. The van der Waals surface area contributed by atoms with E-state index < -0.39 is 15.6 Å². The number of amides is 1. The van der Waals surface area contributed by atoms with E-state index in [9.17, 15) is 13.2 Å². The predicted molar refractivity (Wildman–Crippen MR) is 107 cm³/mol. The SMILES string of the molecule is NS(=O)(=O)c1ccc(CC(=O)N2Cc3ccccc3OC3(CCOCC3)C2)cc1. The molecule has 0 saturated carbocycles. The number of hydrogen-bond donors (Lipinski definition) is 1. The first-order chi connectivity index (χ1) is 13.8. The van der Waals surface area contributed by atoms with Crippen molar-refractivity contribution in [2.45, 2.75) is 36.3 Å². The van der Waals surface area contributed by atoms with Crippen molar-refractivity contribution in [3.63, 3.8) is 0 Å². The molecule has 1 spiro atoms. The summed E-state index contributed by atoms with van der Waals surface area (Å²) in [4.78, 5) is 15.0. The van der Waals surface area contributed by atoms with E-state index in [2.05, 4.69) is 0 Å². The van der Waals surface area contributed by atoms with E-state index >= 15 is 0 Å². The smallest absolute Gasteiger partial charge is 0.238 e. The van der Waals surface area contributed by atoms with Gasteiger partial charge in [0, 0.05) is 24.9 Å². The number of nitrogens with zero attached hydrogens (tertiary/aromatic N) is 1. The molecule has 2 aliphatic rings. The fourth-order valence-corrected chi connectivity index (χ4v) is 4.39. The molecular formula is C21H24N2O5S. The lowest BCUT2D eigenvalue weighted by molar-refractivity contribution is -0.135. The minimum atomic E-state index is -3.75. The van der Waals surface area contributed by atoms with Gasteiger partial charge in [0.1, 0.15) is 11.4 Å². The Hall–Kier alpha value is -2.42. The molecule has 2 aliphatic heterocycles. The van der Waals surface area contributed by atoms with Crippen LogP contribution in [-0.2, 0) is 32.5 Å². The van der Waals surface area contributed by atoms with E-state index in [1.807, 2.05) is 29.2 Å². The molecule has 154 valence electrons. The van der Waals surface area contributed by atoms with Crippen LogP contribution < -0.4 is 9.88 Å². The molecule has 0 aliphatic carbocycles. The van der Waals surface area contributed by atoms with Gasteiger partial charge < -0.3 is 14.4 Å². The van der Waals surface area contributed by atoms with Gasteiger partial charge in [0.15, 0.2) is 0 Å². The molecule has 7 nitrogen and oxygen atoms in total. The minimum Gasteiger partial charge on any atom is -0.485 e. The molecule has 0 radical (unpaired) electrons. The first kappa shape index (κ1) is 19.9. The Morgan fingerprint density at radius 3 is 2.45 bits per heavy atom. The first-order valence-electron chi connectivity index (χ1n) is 9.59. The van der Waals surface area contributed by atoms with Crippen LogP contribution >= 0.6 is 0 Å². The Kier molecular flexibility index (Phi) is 5.33. The van der Waals surface area contributed by atoms with Gasteiger partial charge in [-0.15, -0.1) is 0 Å². The summed E-state index contributed by atoms with van der Waals surface area (Å²) in [5.74, 6) is 0.793. The summed E-state index contributed by atoms with van der Waals surface area (Å²) in [6.07, 6.45) is 1.64. The largest absolute Gasteiger partial charge is 0.485 e. The Morgan fingerprint density at radius 1 is 1.07 bits per heavy atom. The number of carbonyl (C=O) groups excluding carboxylic acids is 1. The normalized spacial score (nSPS) is 18.6. The van der Waals surface area contributed by atoms with Crippen molar-refractivity contribution < 1.29 is 22.7 Å². The highest BCUT2D eigenvalue weighted by molar-refractivity contribution is 7.89. The van der Waals surface area contributed by atoms with Gasteiger partial charge in [-0.3, -0.25) is 4.79 Å². The van der Waals surface area contributed by atoms with Crippen LogP contribution in [0, 0.1) is 0 Å². The zero-order valence-electron chi connectivity index (χ0n) is 16.0. The molecule has 2 N–H and O–H groups in total. The van der Waals surface area contributed by atoms with E-state index in [0.29, 0.717) is 26.3 Å². The summed E-state index contributed by atoms with van der Waals surface area (Å²) in [5, 5.41) is 5.14. The highest BCUT2D eigenvalue weighted by atomic mass is 32.2. The number of hydrogen-bond acceptors (Lipinski definition) is 5. The van der Waals surface area contributed by atoms with Crippen LogP contribution in [0.5, 0.6) is 5.75 Å². The van der Waals surface area contributed by atoms with Crippen LogP contribution in [0.1, 0.15) is 24.0 Å². The van der Waals surface area contributed by atoms with Gasteiger partial charge in [-0.1, -0.05) is 30.3 Å². The Morgan fingerprint density at radius 2 is 1.76 bits per heavy atom. The van der Waals surface area contributed by atoms with Gasteiger partial charge in [0.05, 0.1) is 31.1 Å². The maximum atomic E-state index is 13.1. The zero-order valence-corrected chi connectivity index (χ0v) is 16.9. The van der Waals surface area contributed by atoms with E-state index in [4.69, 9.17) is 14.6 Å². The Balaban J connectivity index is 1.56. The second kappa shape index (κ2) is 7.78. The highest BCUT2D eigenvalue weighted by Gasteiger charge is 2.40. The third kappa shape index (κ3) is 4.44. The van der Waals surface area contributed by atoms with Gasteiger partial charge in [-0.05, 0) is 23.8 Å². The van der Waals surface area contributed by atoms with E-state index in [-0.39, 0.29) is 17.2 Å². The molecule has 1 amide bonds. The quantitative estimate of drug-likeness (QED) is 0.823. The Bertz CT molecular complexity index is 998. The van der Waals surface area contributed by atoms with Crippen LogP contribution in [0.25, 0.3) is 0 Å². The minimum absolute atomic E-state index is 0.0282. The Labute approximate surface area is 170 Å². The number of rotatable bonds is 3. The molecule has 0 unspecified atom stereocenters. The molecule has 2 aromatic rings. The molecule has 4 rings (SSSR count). The van der Waals surface area contributed by atoms with E-state index in [1.54, 1.807) is 12.1 Å². The summed E-state index contributed by atoms with van der Waals surface area (Å²) >= 11 is 0. The second-order valence-corrected chi connectivity index (χ2v) is 9.18. The van der Waals surface area contributed by atoms with Crippen LogP contribution in [-0.4, -0.2) is 44.6 Å². The van der Waals surface area contributed by atoms with Crippen molar-refractivity contribution in [1.82, 2.24) is 4.90 Å². The molecule has 29 heavy (non-hydrogen) atoms. The highest BCUT2D eigenvalue weighted by Crippen LogP contribution is 2.35. The topological polar surface area (TPSA) is 98.9 Å². The molecule has 0 bridgehead atoms. The number of nitrogens with two attached hydrogens (primary N) is 1. The van der Waals surface area contributed by atoms with Gasteiger partial charge in [0.25, 0.3) is 0 Å². The van der Waals surface area contributed by atoms with Crippen LogP contribution in [0.15, 0.2) is 53.4 Å². The molecular weight excluding hydrogens is 392 g/mol. The van der Waals surface area contributed by atoms with Crippen LogP contribution in [0.3, 0.4) is 0 Å². The van der Waals surface area contributed by atoms with Crippen molar-refractivity contribution in [1.29, 1.82) is 0 Å². The molecule has 2 aromatic carbocycles. The molecule has 2 heterocycles. The second-order valence-electron chi connectivity index (χ2n) is 7.62. The van der Waals surface area contributed by atoms with E-state index in [1.165, 1.54) is 12.1 Å². The number of para-hydroxylation sites is 1. The number of fused-ring (bicyclic) bond motifs is 1. The predicted octanol–water partition coefficient (Wildman–Crippen LogP) is 1.85. The van der Waals surface area contributed by atoms with Crippen LogP contribution in [0.2, 0.25) is 0 Å².